The number of carbonyl (C=O) groups is 3. The lowest BCUT2D eigenvalue weighted by Gasteiger charge is -2.21. The van der Waals surface area contributed by atoms with Crippen molar-refractivity contribution < 1.29 is 19.5 Å². The molecule has 3 N–H and O–H groups in total. The first-order valence-electron chi connectivity index (χ1n) is 6.68. The van der Waals surface area contributed by atoms with Gasteiger partial charge in [-0.3, -0.25) is 9.59 Å². The summed E-state index contributed by atoms with van der Waals surface area (Å²) < 4.78 is 0. The molecule has 1 aromatic rings. The number of nitrogens with zero attached hydrogens (tertiary/aromatic N) is 1. The maximum Gasteiger partial charge on any atom is 0.321 e. The number of hydrogen-bond acceptors (Lipinski definition) is 3. The number of urea groups is 1. The summed E-state index contributed by atoms with van der Waals surface area (Å²) in [5, 5.41) is 14.3. The van der Waals surface area contributed by atoms with E-state index in [1.165, 1.54) is 4.90 Å². The predicted octanol–water partition coefficient (Wildman–Crippen LogP) is 0.667. The molecule has 7 heteroatoms. The van der Waals surface area contributed by atoms with Crippen LogP contribution in [0.2, 0.25) is 0 Å². The lowest BCUT2D eigenvalue weighted by atomic mass is 10.1. The molecule has 112 valence electrons. The van der Waals surface area contributed by atoms with Crippen LogP contribution in [-0.4, -0.2) is 47.5 Å². The molecule has 0 spiro atoms. The molecule has 21 heavy (non-hydrogen) atoms. The molecule has 0 aliphatic carbocycles. The number of nitrogens with one attached hydrogen (secondary N) is 2. The number of rotatable bonds is 3. The minimum Gasteiger partial charge on any atom is -0.481 e. The molecule has 0 aromatic heterocycles. The molecule has 1 heterocycles. The molecule has 1 aliphatic heterocycles. The summed E-state index contributed by atoms with van der Waals surface area (Å²) in [5.41, 5.74) is 1.02. The van der Waals surface area contributed by atoms with E-state index in [1.807, 2.05) is 0 Å². The maximum absolute atomic E-state index is 12.2. The molecule has 1 fully saturated rings. The second-order valence-corrected chi connectivity index (χ2v) is 4.74. The molecular weight excluding hydrogens is 274 g/mol. The van der Waals surface area contributed by atoms with Crippen LogP contribution in [0.5, 0.6) is 0 Å². The largest absolute Gasteiger partial charge is 0.481 e. The van der Waals surface area contributed by atoms with Gasteiger partial charge in [-0.05, 0) is 11.6 Å². The van der Waals surface area contributed by atoms with Gasteiger partial charge in [-0.15, -0.1) is 0 Å². The molecule has 1 aromatic carbocycles. The van der Waals surface area contributed by atoms with Crippen molar-refractivity contribution in [3.05, 3.63) is 29.8 Å². The van der Waals surface area contributed by atoms with E-state index in [4.69, 9.17) is 5.11 Å². The number of carboxylic acid groups (broad SMARTS) is 1. The standard InChI is InChI=1S/C14H17N3O4/c18-12-5-7-17(8-6-15-12)14(21)16-11-4-2-1-3-10(11)9-13(19)20/h1-4H,5-9H2,(H,15,18)(H,16,21)(H,19,20). The second kappa shape index (κ2) is 6.74. The van der Waals surface area contributed by atoms with Crippen molar-refractivity contribution >= 4 is 23.6 Å². The monoisotopic (exact) mass is 291 g/mol. The van der Waals surface area contributed by atoms with Gasteiger partial charge < -0.3 is 20.6 Å². The van der Waals surface area contributed by atoms with Crippen molar-refractivity contribution in [2.75, 3.05) is 25.0 Å². The number of para-hydroxylation sites is 1. The van der Waals surface area contributed by atoms with Crippen molar-refractivity contribution in [1.29, 1.82) is 0 Å². The highest BCUT2D eigenvalue weighted by Gasteiger charge is 2.19. The molecule has 0 unspecified atom stereocenters. The Kier molecular flexibility index (Phi) is 4.76. The van der Waals surface area contributed by atoms with Crippen LogP contribution in [-0.2, 0) is 16.0 Å². The molecule has 0 saturated carbocycles. The molecule has 0 radical (unpaired) electrons. The van der Waals surface area contributed by atoms with Crippen LogP contribution in [0.4, 0.5) is 10.5 Å². The summed E-state index contributed by atoms with van der Waals surface area (Å²) in [7, 11) is 0. The highest BCUT2D eigenvalue weighted by molar-refractivity contribution is 5.91. The normalized spacial score (nSPS) is 15.0. The smallest absolute Gasteiger partial charge is 0.321 e. The number of aliphatic carboxylic acids is 1. The van der Waals surface area contributed by atoms with Crippen molar-refractivity contribution in [2.24, 2.45) is 0 Å². The number of anilines is 1. The summed E-state index contributed by atoms with van der Waals surface area (Å²) in [6.45, 7) is 1.19. The zero-order valence-corrected chi connectivity index (χ0v) is 11.5. The molecule has 1 aliphatic rings. The summed E-state index contributed by atoms with van der Waals surface area (Å²) in [6, 6.07) is 6.45. The average Bonchev–Trinajstić information content (AvgIpc) is 2.65. The van der Waals surface area contributed by atoms with E-state index in [9.17, 15) is 14.4 Å². The number of carbonyl (C=O) groups excluding carboxylic acids is 2. The van der Waals surface area contributed by atoms with Gasteiger partial charge >= 0.3 is 12.0 Å². The molecule has 2 rings (SSSR count). The third kappa shape index (κ3) is 4.20. The zero-order valence-electron chi connectivity index (χ0n) is 11.5. The lowest BCUT2D eigenvalue weighted by Crippen LogP contribution is -2.37. The summed E-state index contributed by atoms with van der Waals surface area (Å²) >= 11 is 0. The van der Waals surface area contributed by atoms with Crippen molar-refractivity contribution in [1.82, 2.24) is 10.2 Å². The minimum atomic E-state index is -0.957. The molecular formula is C14H17N3O4. The fourth-order valence-electron chi connectivity index (χ4n) is 2.12. The van der Waals surface area contributed by atoms with Gasteiger partial charge in [0.1, 0.15) is 0 Å². The van der Waals surface area contributed by atoms with Crippen LogP contribution < -0.4 is 10.6 Å². The maximum atomic E-state index is 12.2. The van der Waals surface area contributed by atoms with E-state index in [0.29, 0.717) is 30.9 Å². The third-order valence-electron chi connectivity index (χ3n) is 3.20. The summed E-state index contributed by atoms with van der Waals surface area (Å²) in [6.07, 6.45) is 0.112. The van der Waals surface area contributed by atoms with Crippen molar-refractivity contribution in [3.8, 4) is 0 Å². The van der Waals surface area contributed by atoms with Crippen LogP contribution in [0.1, 0.15) is 12.0 Å². The van der Waals surface area contributed by atoms with E-state index in [2.05, 4.69) is 10.6 Å². The van der Waals surface area contributed by atoms with Crippen LogP contribution in [0.3, 0.4) is 0 Å². The summed E-state index contributed by atoms with van der Waals surface area (Å²) in [4.78, 5) is 35.8. The quantitative estimate of drug-likeness (QED) is 0.762. The van der Waals surface area contributed by atoms with Gasteiger partial charge in [-0.25, -0.2) is 4.79 Å². The van der Waals surface area contributed by atoms with Crippen LogP contribution in [0.15, 0.2) is 24.3 Å². The van der Waals surface area contributed by atoms with E-state index >= 15 is 0 Å². The van der Waals surface area contributed by atoms with E-state index in [0.717, 1.165) is 0 Å². The van der Waals surface area contributed by atoms with Gasteiger partial charge in [0.2, 0.25) is 5.91 Å². The Morgan fingerprint density at radius 2 is 2.05 bits per heavy atom. The van der Waals surface area contributed by atoms with Gasteiger partial charge in [0, 0.05) is 31.7 Å². The number of amides is 3. The first-order chi connectivity index (χ1) is 10.1. The first-order valence-corrected chi connectivity index (χ1v) is 6.68. The highest BCUT2D eigenvalue weighted by Crippen LogP contribution is 2.16. The fourth-order valence-corrected chi connectivity index (χ4v) is 2.12. The predicted molar refractivity (Wildman–Crippen MR) is 76.0 cm³/mol. The molecule has 3 amide bonds. The minimum absolute atomic E-state index is 0.0726. The van der Waals surface area contributed by atoms with Crippen LogP contribution in [0, 0.1) is 0 Å². The Labute approximate surface area is 121 Å². The van der Waals surface area contributed by atoms with Gasteiger partial charge in [0.15, 0.2) is 0 Å². The fraction of sp³-hybridized carbons (Fsp3) is 0.357. The number of carboxylic acids is 1. The van der Waals surface area contributed by atoms with Crippen LogP contribution >= 0.6 is 0 Å². The Morgan fingerprint density at radius 3 is 2.81 bits per heavy atom. The average molecular weight is 291 g/mol. The third-order valence-corrected chi connectivity index (χ3v) is 3.20. The van der Waals surface area contributed by atoms with E-state index in [1.54, 1.807) is 24.3 Å². The van der Waals surface area contributed by atoms with Gasteiger partial charge in [0.25, 0.3) is 0 Å². The topological polar surface area (TPSA) is 98.7 Å². The zero-order chi connectivity index (χ0) is 15.2. The number of benzene rings is 1. The van der Waals surface area contributed by atoms with E-state index < -0.39 is 5.97 Å². The molecule has 0 atom stereocenters. The molecule has 7 nitrogen and oxygen atoms in total. The lowest BCUT2D eigenvalue weighted by molar-refractivity contribution is -0.136. The Morgan fingerprint density at radius 1 is 1.29 bits per heavy atom. The first kappa shape index (κ1) is 14.8. The Hall–Kier alpha value is -2.57. The van der Waals surface area contributed by atoms with Crippen molar-refractivity contribution in [3.63, 3.8) is 0 Å². The van der Waals surface area contributed by atoms with Gasteiger partial charge in [0.05, 0.1) is 6.42 Å². The Balaban J connectivity index is 2.05. The second-order valence-electron chi connectivity index (χ2n) is 4.74. The number of hydrogen-bond donors (Lipinski definition) is 3. The highest BCUT2D eigenvalue weighted by atomic mass is 16.4. The van der Waals surface area contributed by atoms with E-state index in [-0.39, 0.29) is 24.8 Å². The molecule has 1 saturated heterocycles. The summed E-state index contributed by atoms with van der Waals surface area (Å²) in [5.74, 6) is -1.03. The van der Waals surface area contributed by atoms with Crippen LogP contribution in [0.25, 0.3) is 0 Å². The SMILES string of the molecule is O=C(O)Cc1ccccc1NC(=O)N1CCNC(=O)CC1. The van der Waals surface area contributed by atoms with Gasteiger partial charge in [-0.2, -0.15) is 0 Å². The Bertz CT molecular complexity index is 559. The van der Waals surface area contributed by atoms with Crippen molar-refractivity contribution in [2.45, 2.75) is 12.8 Å². The van der Waals surface area contributed by atoms with Gasteiger partial charge in [-0.1, -0.05) is 18.2 Å². The molecule has 0 bridgehead atoms.